The van der Waals surface area contributed by atoms with Gasteiger partial charge >= 0.3 is 0 Å². The van der Waals surface area contributed by atoms with Gasteiger partial charge in [-0.05, 0) is 25.7 Å². The van der Waals surface area contributed by atoms with Gasteiger partial charge in [0.15, 0.2) is 0 Å². The minimum Gasteiger partial charge on any atom is -0.368 e. The van der Waals surface area contributed by atoms with Crippen molar-refractivity contribution in [1.29, 1.82) is 0 Å². The van der Waals surface area contributed by atoms with Gasteiger partial charge in [-0.3, -0.25) is 9.59 Å². The van der Waals surface area contributed by atoms with Crippen molar-refractivity contribution in [1.82, 2.24) is 5.32 Å². The molecular formula is C14H22N2O2. The van der Waals surface area contributed by atoms with E-state index in [2.05, 4.69) is 11.2 Å². The van der Waals surface area contributed by atoms with Crippen LogP contribution in [0.3, 0.4) is 0 Å². The molecule has 0 aromatic heterocycles. The molecule has 18 heavy (non-hydrogen) atoms. The summed E-state index contributed by atoms with van der Waals surface area (Å²) in [6, 6.07) is -0.576. The minimum atomic E-state index is -0.576. The van der Waals surface area contributed by atoms with Crippen LogP contribution in [0, 0.1) is 18.3 Å². The lowest BCUT2D eigenvalue weighted by atomic mass is 9.88. The molecule has 100 valence electrons. The summed E-state index contributed by atoms with van der Waals surface area (Å²) in [5.74, 6) is 2.06. The Bertz CT molecular complexity index is 327. The van der Waals surface area contributed by atoms with Crippen LogP contribution in [-0.4, -0.2) is 17.9 Å². The van der Waals surface area contributed by atoms with E-state index >= 15 is 0 Å². The van der Waals surface area contributed by atoms with E-state index in [0.717, 1.165) is 25.7 Å². The SMILES string of the molecule is C#CCCC[C@H](NC(=O)C1CCCCC1)C(N)=O. The summed E-state index contributed by atoms with van der Waals surface area (Å²) in [5, 5.41) is 2.76. The Morgan fingerprint density at radius 1 is 1.33 bits per heavy atom. The highest BCUT2D eigenvalue weighted by atomic mass is 16.2. The topological polar surface area (TPSA) is 72.2 Å². The smallest absolute Gasteiger partial charge is 0.240 e. The van der Waals surface area contributed by atoms with E-state index in [-0.39, 0.29) is 11.8 Å². The lowest BCUT2D eigenvalue weighted by Crippen LogP contribution is -2.46. The molecule has 0 aliphatic heterocycles. The second kappa shape index (κ2) is 7.75. The first-order valence-electron chi connectivity index (χ1n) is 6.68. The largest absolute Gasteiger partial charge is 0.368 e. The fourth-order valence-electron chi connectivity index (χ4n) is 2.35. The number of hydrogen-bond acceptors (Lipinski definition) is 2. The normalized spacial score (nSPS) is 17.7. The predicted molar refractivity (Wildman–Crippen MR) is 70.4 cm³/mol. The molecule has 1 aliphatic carbocycles. The molecule has 3 N–H and O–H groups in total. The van der Waals surface area contributed by atoms with Gasteiger partial charge in [-0.2, -0.15) is 0 Å². The van der Waals surface area contributed by atoms with E-state index in [1.165, 1.54) is 6.42 Å². The van der Waals surface area contributed by atoms with Gasteiger partial charge in [0.2, 0.25) is 11.8 Å². The third-order valence-electron chi connectivity index (χ3n) is 3.45. The molecule has 0 unspecified atom stereocenters. The number of carbonyl (C=O) groups is 2. The zero-order chi connectivity index (χ0) is 13.4. The summed E-state index contributed by atoms with van der Waals surface area (Å²) >= 11 is 0. The molecule has 0 heterocycles. The highest BCUT2D eigenvalue weighted by Gasteiger charge is 2.25. The number of nitrogens with two attached hydrogens (primary N) is 1. The van der Waals surface area contributed by atoms with Crippen LogP contribution in [0.25, 0.3) is 0 Å². The molecule has 0 aromatic carbocycles. The van der Waals surface area contributed by atoms with Gasteiger partial charge in [0.05, 0.1) is 0 Å². The zero-order valence-electron chi connectivity index (χ0n) is 10.8. The van der Waals surface area contributed by atoms with Crippen molar-refractivity contribution in [2.24, 2.45) is 11.7 Å². The number of rotatable bonds is 6. The van der Waals surface area contributed by atoms with Crippen molar-refractivity contribution in [2.45, 2.75) is 57.4 Å². The van der Waals surface area contributed by atoms with Gasteiger partial charge in [0.25, 0.3) is 0 Å². The van der Waals surface area contributed by atoms with Crippen LogP contribution >= 0.6 is 0 Å². The Balaban J connectivity index is 2.41. The van der Waals surface area contributed by atoms with Gasteiger partial charge in [0.1, 0.15) is 6.04 Å². The third kappa shape index (κ3) is 4.79. The Morgan fingerprint density at radius 2 is 2.00 bits per heavy atom. The van der Waals surface area contributed by atoms with Crippen molar-refractivity contribution < 1.29 is 9.59 Å². The summed E-state index contributed by atoms with van der Waals surface area (Å²) in [6.07, 6.45) is 12.2. The second-order valence-electron chi connectivity index (χ2n) is 4.89. The molecule has 1 saturated carbocycles. The highest BCUT2D eigenvalue weighted by Crippen LogP contribution is 2.23. The molecule has 0 aromatic rings. The molecule has 0 spiro atoms. The van der Waals surface area contributed by atoms with Crippen molar-refractivity contribution in [3.8, 4) is 12.3 Å². The number of carbonyl (C=O) groups excluding carboxylic acids is 2. The summed E-state index contributed by atoms with van der Waals surface area (Å²) in [7, 11) is 0. The maximum Gasteiger partial charge on any atom is 0.240 e. The van der Waals surface area contributed by atoms with Gasteiger partial charge in [-0.15, -0.1) is 12.3 Å². The molecule has 4 heteroatoms. The van der Waals surface area contributed by atoms with E-state index in [4.69, 9.17) is 12.2 Å². The molecule has 2 amide bonds. The number of nitrogens with one attached hydrogen (secondary N) is 1. The van der Waals surface area contributed by atoms with Crippen molar-refractivity contribution in [3.05, 3.63) is 0 Å². The quantitative estimate of drug-likeness (QED) is 0.551. The number of unbranched alkanes of at least 4 members (excludes halogenated alkanes) is 1. The molecule has 0 bridgehead atoms. The third-order valence-corrected chi connectivity index (χ3v) is 3.45. The van der Waals surface area contributed by atoms with Gasteiger partial charge in [-0.1, -0.05) is 19.3 Å². The number of amides is 2. The Kier molecular flexibility index (Phi) is 6.27. The van der Waals surface area contributed by atoms with E-state index in [1.807, 2.05) is 0 Å². The average molecular weight is 250 g/mol. The minimum absolute atomic E-state index is 0.0285. The first-order chi connectivity index (χ1) is 8.65. The molecule has 4 nitrogen and oxygen atoms in total. The molecule has 1 atom stereocenters. The van der Waals surface area contributed by atoms with Crippen LogP contribution in [-0.2, 0) is 9.59 Å². The molecule has 1 fully saturated rings. The van der Waals surface area contributed by atoms with E-state index < -0.39 is 11.9 Å². The average Bonchev–Trinajstić information content (AvgIpc) is 2.38. The lowest BCUT2D eigenvalue weighted by molar-refractivity contribution is -0.130. The maximum atomic E-state index is 12.0. The fraction of sp³-hybridized carbons (Fsp3) is 0.714. The van der Waals surface area contributed by atoms with Crippen LogP contribution in [0.15, 0.2) is 0 Å². The first-order valence-corrected chi connectivity index (χ1v) is 6.68. The van der Waals surface area contributed by atoms with Crippen LogP contribution in [0.5, 0.6) is 0 Å². The van der Waals surface area contributed by atoms with Crippen molar-refractivity contribution >= 4 is 11.8 Å². The first kappa shape index (κ1) is 14.6. The standard InChI is InChI=1S/C14H22N2O2/c1-2-3-5-10-12(13(15)17)16-14(18)11-8-6-4-7-9-11/h1,11-12H,3-10H2,(H2,15,17)(H,16,18)/t12-/m0/s1. The molecule has 0 saturated heterocycles. The Hall–Kier alpha value is -1.50. The number of primary amides is 1. The maximum absolute atomic E-state index is 12.0. The Morgan fingerprint density at radius 3 is 2.56 bits per heavy atom. The molecular weight excluding hydrogens is 228 g/mol. The summed E-state index contributed by atoms with van der Waals surface area (Å²) in [5.41, 5.74) is 5.29. The predicted octanol–water partition coefficient (Wildman–Crippen LogP) is 1.34. The van der Waals surface area contributed by atoms with E-state index in [0.29, 0.717) is 19.3 Å². The van der Waals surface area contributed by atoms with Crippen LogP contribution in [0.2, 0.25) is 0 Å². The lowest BCUT2D eigenvalue weighted by Gasteiger charge is -2.23. The van der Waals surface area contributed by atoms with E-state index in [9.17, 15) is 9.59 Å². The number of hydrogen-bond donors (Lipinski definition) is 2. The van der Waals surface area contributed by atoms with Crippen molar-refractivity contribution in [2.75, 3.05) is 0 Å². The molecule has 1 aliphatic rings. The molecule has 1 rings (SSSR count). The van der Waals surface area contributed by atoms with E-state index in [1.54, 1.807) is 0 Å². The van der Waals surface area contributed by atoms with Crippen LogP contribution < -0.4 is 11.1 Å². The monoisotopic (exact) mass is 250 g/mol. The van der Waals surface area contributed by atoms with Crippen molar-refractivity contribution in [3.63, 3.8) is 0 Å². The zero-order valence-corrected chi connectivity index (χ0v) is 10.8. The summed E-state index contributed by atoms with van der Waals surface area (Å²) < 4.78 is 0. The summed E-state index contributed by atoms with van der Waals surface area (Å²) in [4.78, 5) is 23.3. The summed E-state index contributed by atoms with van der Waals surface area (Å²) in [6.45, 7) is 0. The highest BCUT2D eigenvalue weighted by molar-refractivity contribution is 5.87. The number of terminal acetylenes is 1. The second-order valence-corrected chi connectivity index (χ2v) is 4.89. The fourth-order valence-corrected chi connectivity index (χ4v) is 2.35. The van der Waals surface area contributed by atoms with Crippen LogP contribution in [0.1, 0.15) is 51.4 Å². The Labute approximate surface area is 109 Å². The van der Waals surface area contributed by atoms with Crippen LogP contribution in [0.4, 0.5) is 0 Å². The molecule has 0 radical (unpaired) electrons. The van der Waals surface area contributed by atoms with Gasteiger partial charge in [0, 0.05) is 12.3 Å². The van der Waals surface area contributed by atoms with Gasteiger partial charge in [-0.25, -0.2) is 0 Å². The van der Waals surface area contributed by atoms with Gasteiger partial charge < -0.3 is 11.1 Å².